The largest absolute Gasteiger partial charge is 0.282 e. The zero-order valence-corrected chi connectivity index (χ0v) is 18.1. The van der Waals surface area contributed by atoms with Crippen LogP contribution in [-0.2, 0) is 17.8 Å². The number of pyridine rings is 1. The molecule has 0 aliphatic heterocycles. The number of halogens is 1. The molecule has 152 valence electrons. The number of nitrogens with zero attached hydrogens (tertiary/aromatic N) is 3. The van der Waals surface area contributed by atoms with Gasteiger partial charge in [-0.25, -0.2) is 4.98 Å². The Morgan fingerprint density at radius 2 is 1.74 bits per heavy atom. The topological polar surface area (TPSA) is 46.1 Å². The third kappa shape index (κ3) is 4.02. The van der Waals surface area contributed by atoms with E-state index in [1.165, 1.54) is 11.3 Å². The number of thiazole rings is 1. The number of amides is 1. The first-order chi connectivity index (χ1) is 15.2. The summed E-state index contributed by atoms with van der Waals surface area (Å²) in [5, 5.41) is 3.41. The number of carbonyl (C=O) groups is 1. The number of hydrogen-bond acceptors (Lipinski definition) is 4. The van der Waals surface area contributed by atoms with Gasteiger partial charge < -0.3 is 0 Å². The van der Waals surface area contributed by atoms with E-state index in [4.69, 9.17) is 16.6 Å². The lowest BCUT2D eigenvalue weighted by Crippen LogP contribution is -2.32. The van der Waals surface area contributed by atoms with Gasteiger partial charge in [-0.15, -0.1) is 0 Å². The summed E-state index contributed by atoms with van der Waals surface area (Å²) in [6, 6.07) is 25.6. The molecule has 0 unspecified atom stereocenters. The maximum atomic E-state index is 13.6. The predicted octanol–water partition coefficient (Wildman–Crippen LogP) is 6.27. The van der Waals surface area contributed by atoms with Gasteiger partial charge in [0.1, 0.15) is 5.52 Å². The molecule has 5 rings (SSSR count). The molecule has 0 atom stereocenters. The van der Waals surface area contributed by atoms with Crippen LogP contribution in [0, 0.1) is 0 Å². The summed E-state index contributed by atoms with van der Waals surface area (Å²) in [6.45, 7) is 0.349. The molecule has 0 fully saturated rings. The minimum Gasteiger partial charge on any atom is -0.282 e. The van der Waals surface area contributed by atoms with Crippen molar-refractivity contribution in [3.05, 3.63) is 101 Å². The number of benzene rings is 3. The van der Waals surface area contributed by atoms with E-state index in [9.17, 15) is 4.79 Å². The average Bonchev–Trinajstić information content (AvgIpc) is 3.24. The summed E-state index contributed by atoms with van der Waals surface area (Å²) >= 11 is 7.80. The first-order valence-corrected chi connectivity index (χ1v) is 11.1. The van der Waals surface area contributed by atoms with Crippen LogP contribution in [0.25, 0.3) is 21.0 Å². The molecule has 0 N–H and O–H groups in total. The molecular formula is C25H18ClN3OS. The lowest BCUT2D eigenvalue weighted by atomic mass is 10.0. The van der Waals surface area contributed by atoms with Gasteiger partial charge >= 0.3 is 0 Å². The summed E-state index contributed by atoms with van der Waals surface area (Å²) in [5.41, 5.74) is 2.51. The van der Waals surface area contributed by atoms with E-state index in [2.05, 4.69) is 23.2 Å². The van der Waals surface area contributed by atoms with Gasteiger partial charge in [0.15, 0.2) is 5.13 Å². The SMILES string of the molecule is O=C(Cc1cccc2ccccc12)N(Cc1ccccn1)c1nc2c(Cl)cccc2s1. The zero-order valence-electron chi connectivity index (χ0n) is 16.5. The molecular weight excluding hydrogens is 426 g/mol. The number of anilines is 1. The lowest BCUT2D eigenvalue weighted by molar-refractivity contribution is -0.118. The number of rotatable bonds is 5. The zero-order chi connectivity index (χ0) is 21.2. The first kappa shape index (κ1) is 19.7. The van der Waals surface area contributed by atoms with Crippen molar-refractivity contribution < 1.29 is 4.79 Å². The molecule has 0 spiro atoms. The number of aromatic nitrogens is 2. The molecule has 0 bridgehead atoms. The smallest absolute Gasteiger partial charge is 0.233 e. The van der Waals surface area contributed by atoms with Crippen LogP contribution in [0.5, 0.6) is 0 Å². The summed E-state index contributed by atoms with van der Waals surface area (Å²) in [5.74, 6) is -0.0304. The van der Waals surface area contributed by atoms with Crippen LogP contribution in [0.2, 0.25) is 5.02 Å². The van der Waals surface area contributed by atoms with Gasteiger partial charge in [-0.1, -0.05) is 77.5 Å². The fourth-order valence-corrected chi connectivity index (χ4v) is 4.92. The fourth-order valence-electron chi connectivity index (χ4n) is 3.64. The van der Waals surface area contributed by atoms with Crippen molar-refractivity contribution in [2.24, 2.45) is 0 Å². The molecule has 0 aliphatic carbocycles. The van der Waals surface area contributed by atoms with Crippen LogP contribution in [0.15, 0.2) is 85.1 Å². The van der Waals surface area contributed by atoms with Crippen molar-refractivity contribution in [2.45, 2.75) is 13.0 Å². The Bertz CT molecular complexity index is 1380. The molecule has 0 saturated heterocycles. The summed E-state index contributed by atoms with van der Waals surface area (Å²) < 4.78 is 0.950. The molecule has 4 nitrogen and oxygen atoms in total. The van der Waals surface area contributed by atoms with Crippen LogP contribution < -0.4 is 4.90 Å². The molecule has 0 aliphatic rings. The highest BCUT2D eigenvalue weighted by atomic mass is 35.5. The van der Waals surface area contributed by atoms with E-state index in [0.29, 0.717) is 22.2 Å². The lowest BCUT2D eigenvalue weighted by Gasteiger charge is -2.20. The van der Waals surface area contributed by atoms with E-state index in [0.717, 1.165) is 26.7 Å². The monoisotopic (exact) mass is 443 g/mol. The second-order valence-electron chi connectivity index (χ2n) is 7.20. The van der Waals surface area contributed by atoms with Crippen molar-refractivity contribution in [1.82, 2.24) is 9.97 Å². The molecule has 5 aromatic rings. The van der Waals surface area contributed by atoms with Crippen molar-refractivity contribution in [1.29, 1.82) is 0 Å². The van der Waals surface area contributed by atoms with Crippen LogP contribution in [0.4, 0.5) is 5.13 Å². The first-order valence-electron chi connectivity index (χ1n) is 9.91. The van der Waals surface area contributed by atoms with Crippen molar-refractivity contribution in [3.63, 3.8) is 0 Å². The quantitative estimate of drug-likeness (QED) is 0.321. The summed E-state index contributed by atoms with van der Waals surface area (Å²) in [6.07, 6.45) is 2.01. The number of carbonyl (C=O) groups excluding carboxylic acids is 1. The summed E-state index contributed by atoms with van der Waals surface area (Å²) in [7, 11) is 0. The van der Waals surface area contributed by atoms with Gasteiger partial charge in [0.2, 0.25) is 5.91 Å². The average molecular weight is 444 g/mol. The van der Waals surface area contributed by atoms with Crippen molar-refractivity contribution in [3.8, 4) is 0 Å². The Morgan fingerprint density at radius 1 is 0.935 bits per heavy atom. The van der Waals surface area contributed by atoms with E-state index < -0.39 is 0 Å². The third-order valence-electron chi connectivity index (χ3n) is 5.16. The number of para-hydroxylation sites is 1. The molecule has 1 amide bonds. The van der Waals surface area contributed by atoms with Gasteiger partial charge in [0.25, 0.3) is 0 Å². The molecule has 0 saturated carbocycles. The highest BCUT2D eigenvalue weighted by molar-refractivity contribution is 7.22. The standard InChI is InChI=1S/C25H18ClN3OS/c26-21-12-6-13-22-24(21)28-25(31-22)29(16-19-10-3-4-14-27-19)23(30)15-18-9-5-8-17-7-1-2-11-20(17)18/h1-14H,15-16H2. The Kier molecular flexibility index (Phi) is 5.37. The Morgan fingerprint density at radius 3 is 2.58 bits per heavy atom. The van der Waals surface area contributed by atoms with Crippen LogP contribution in [-0.4, -0.2) is 15.9 Å². The third-order valence-corrected chi connectivity index (χ3v) is 6.51. The van der Waals surface area contributed by atoms with E-state index in [1.54, 1.807) is 11.1 Å². The Labute approximate surface area is 188 Å². The van der Waals surface area contributed by atoms with E-state index in [-0.39, 0.29) is 12.3 Å². The minimum absolute atomic E-state index is 0.0304. The second-order valence-corrected chi connectivity index (χ2v) is 8.62. The Balaban J connectivity index is 1.54. The van der Waals surface area contributed by atoms with Gasteiger partial charge in [0.05, 0.1) is 28.4 Å². The van der Waals surface area contributed by atoms with Gasteiger partial charge in [-0.2, -0.15) is 0 Å². The van der Waals surface area contributed by atoms with Gasteiger partial charge in [-0.05, 0) is 40.6 Å². The molecule has 2 aromatic heterocycles. The summed E-state index contributed by atoms with van der Waals surface area (Å²) in [4.78, 5) is 24.4. The Hall–Kier alpha value is -3.28. The number of hydrogen-bond donors (Lipinski definition) is 0. The molecule has 6 heteroatoms. The van der Waals surface area contributed by atoms with Crippen LogP contribution >= 0.6 is 22.9 Å². The van der Waals surface area contributed by atoms with Crippen molar-refractivity contribution >= 4 is 55.0 Å². The van der Waals surface area contributed by atoms with Crippen molar-refractivity contribution in [2.75, 3.05) is 4.90 Å². The highest BCUT2D eigenvalue weighted by Crippen LogP contribution is 2.34. The maximum absolute atomic E-state index is 13.6. The molecule has 3 aromatic carbocycles. The normalized spacial score (nSPS) is 11.1. The highest BCUT2D eigenvalue weighted by Gasteiger charge is 2.22. The van der Waals surface area contributed by atoms with Crippen LogP contribution in [0.1, 0.15) is 11.3 Å². The molecule has 31 heavy (non-hydrogen) atoms. The second kappa shape index (κ2) is 8.46. The molecule has 2 heterocycles. The van der Waals surface area contributed by atoms with E-state index in [1.807, 2.05) is 60.7 Å². The number of fused-ring (bicyclic) bond motifs is 2. The fraction of sp³-hybridized carbons (Fsp3) is 0.0800. The van der Waals surface area contributed by atoms with Crippen LogP contribution in [0.3, 0.4) is 0 Å². The minimum atomic E-state index is -0.0304. The molecule has 0 radical (unpaired) electrons. The predicted molar refractivity (Wildman–Crippen MR) is 128 cm³/mol. The maximum Gasteiger partial charge on any atom is 0.233 e. The van der Waals surface area contributed by atoms with Gasteiger partial charge in [0, 0.05) is 6.20 Å². The van der Waals surface area contributed by atoms with E-state index >= 15 is 0 Å². The van der Waals surface area contributed by atoms with Gasteiger partial charge in [-0.3, -0.25) is 14.7 Å².